The van der Waals surface area contributed by atoms with Crippen molar-refractivity contribution >= 4 is 11.6 Å². The average molecular weight is 681 g/mol. The number of hydrogen-bond donors (Lipinski definition) is 4. The predicted molar refractivity (Wildman–Crippen MR) is 197 cm³/mol. The van der Waals surface area contributed by atoms with Crippen molar-refractivity contribution < 1.29 is 29.6 Å². The fraction of sp³-hybridized carbons (Fsp3) is 0.0233. The minimum atomic E-state index is -0.537. The molecule has 0 radical (unpaired) electrons. The molecule has 7 aromatic rings. The molecule has 7 rings (SSSR count). The zero-order chi connectivity index (χ0) is 34.9. The number of benzene rings is 7. The van der Waals surface area contributed by atoms with E-state index in [1.165, 1.54) is 25.3 Å². The summed E-state index contributed by atoms with van der Waals surface area (Å²) in [6.45, 7) is 0. The Kier molecular flexibility index (Phi) is 8.62. The van der Waals surface area contributed by atoms with Crippen LogP contribution in [0, 0.1) is 5.82 Å². The molecule has 50 heavy (non-hydrogen) atoms. The normalized spacial score (nSPS) is 11.0. The SMILES string of the molecule is COc1ccccc1-c1cc(-c2cccc(O)c2-c2cccc(-c3cccc(O)c3)c2Cl)c(-c2ccccc2F)c(-c2cccc(O)c2)c1O. The third kappa shape index (κ3) is 5.76. The zero-order valence-corrected chi connectivity index (χ0v) is 27.5. The Morgan fingerprint density at radius 3 is 1.78 bits per heavy atom. The third-order valence-corrected chi connectivity index (χ3v) is 9.14. The molecular weight excluding hydrogens is 651 g/mol. The van der Waals surface area contributed by atoms with Crippen LogP contribution >= 0.6 is 11.6 Å². The van der Waals surface area contributed by atoms with Crippen LogP contribution in [0.2, 0.25) is 5.02 Å². The molecule has 0 spiro atoms. The Morgan fingerprint density at radius 1 is 0.480 bits per heavy atom. The average Bonchev–Trinajstić information content (AvgIpc) is 3.12. The van der Waals surface area contributed by atoms with Gasteiger partial charge in [0.25, 0.3) is 0 Å². The van der Waals surface area contributed by atoms with Gasteiger partial charge in [0.05, 0.1) is 12.1 Å². The molecule has 5 nitrogen and oxygen atoms in total. The van der Waals surface area contributed by atoms with Crippen molar-refractivity contribution in [2.75, 3.05) is 7.11 Å². The van der Waals surface area contributed by atoms with Crippen molar-refractivity contribution in [2.24, 2.45) is 0 Å². The van der Waals surface area contributed by atoms with E-state index >= 15 is 4.39 Å². The summed E-state index contributed by atoms with van der Waals surface area (Å²) in [7, 11) is 1.54. The minimum absolute atomic E-state index is 0.0424. The highest BCUT2D eigenvalue weighted by Gasteiger charge is 2.28. The van der Waals surface area contributed by atoms with Gasteiger partial charge >= 0.3 is 0 Å². The second-order valence-electron chi connectivity index (χ2n) is 11.7. The minimum Gasteiger partial charge on any atom is -0.508 e. The number of ether oxygens (including phenoxy) is 1. The maximum absolute atomic E-state index is 16.0. The summed E-state index contributed by atoms with van der Waals surface area (Å²) in [6, 6.07) is 38.8. The van der Waals surface area contributed by atoms with E-state index in [1.54, 1.807) is 84.9 Å². The topological polar surface area (TPSA) is 90.2 Å². The van der Waals surface area contributed by atoms with Crippen molar-refractivity contribution in [1.29, 1.82) is 0 Å². The predicted octanol–water partition coefficient (Wildman–Crippen LogP) is 11.3. The van der Waals surface area contributed by atoms with E-state index in [2.05, 4.69) is 0 Å². The molecule has 0 fully saturated rings. The van der Waals surface area contributed by atoms with E-state index in [4.69, 9.17) is 16.3 Å². The molecule has 0 aliphatic rings. The molecule has 0 saturated carbocycles. The van der Waals surface area contributed by atoms with Gasteiger partial charge in [-0.1, -0.05) is 103 Å². The summed E-state index contributed by atoms with van der Waals surface area (Å²) < 4.78 is 21.7. The maximum Gasteiger partial charge on any atom is 0.132 e. The smallest absolute Gasteiger partial charge is 0.132 e. The van der Waals surface area contributed by atoms with E-state index in [0.29, 0.717) is 66.4 Å². The van der Waals surface area contributed by atoms with Crippen LogP contribution in [-0.4, -0.2) is 27.5 Å². The van der Waals surface area contributed by atoms with Gasteiger partial charge in [-0.2, -0.15) is 0 Å². The lowest BCUT2D eigenvalue weighted by molar-refractivity contribution is 0.416. The summed E-state index contributed by atoms with van der Waals surface area (Å²) in [6.07, 6.45) is 0. The molecule has 0 bridgehead atoms. The molecule has 0 amide bonds. The van der Waals surface area contributed by atoms with Crippen molar-refractivity contribution in [3.05, 3.63) is 150 Å². The molecule has 0 atom stereocenters. The van der Waals surface area contributed by atoms with Crippen molar-refractivity contribution in [3.63, 3.8) is 0 Å². The van der Waals surface area contributed by atoms with Crippen LogP contribution in [0.3, 0.4) is 0 Å². The number of halogens is 2. The van der Waals surface area contributed by atoms with Crippen molar-refractivity contribution in [1.82, 2.24) is 0 Å². The first-order chi connectivity index (χ1) is 24.3. The molecule has 7 aromatic carbocycles. The number of methoxy groups -OCH3 is 1. The highest BCUT2D eigenvalue weighted by atomic mass is 35.5. The first kappa shape index (κ1) is 32.3. The molecule has 7 heteroatoms. The molecule has 4 N–H and O–H groups in total. The Hall–Kier alpha value is -6.24. The molecule has 0 heterocycles. The lowest BCUT2D eigenvalue weighted by atomic mass is 9.81. The van der Waals surface area contributed by atoms with Crippen LogP contribution in [0.25, 0.3) is 66.8 Å². The van der Waals surface area contributed by atoms with E-state index in [0.717, 1.165) is 0 Å². The highest BCUT2D eigenvalue weighted by molar-refractivity contribution is 6.36. The van der Waals surface area contributed by atoms with Crippen LogP contribution in [0.5, 0.6) is 28.7 Å². The molecule has 0 aliphatic carbocycles. The Bertz CT molecular complexity index is 2400. The number of phenolic OH excluding ortho intramolecular Hbond substituents is 4. The van der Waals surface area contributed by atoms with E-state index in [9.17, 15) is 20.4 Å². The maximum atomic E-state index is 16.0. The largest absolute Gasteiger partial charge is 0.508 e. The Morgan fingerprint density at radius 2 is 1.06 bits per heavy atom. The Labute approximate surface area is 293 Å². The second kappa shape index (κ2) is 13.3. The molecule has 0 aromatic heterocycles. The number of phenols is 4. The van der Waals surface area contributed by atoms with Gasteiger partial charge in [-0.05, 0) is 70.8 Å². The number of rotatable bonds is 7. The quantitative estimate of drug-likeness (QED) is 0.134. The van der Waals surface area contributed by atoms with Gasteiger partial charge in [-0.3, -0.25) is 0 Å². The van der Waals surface area contributed by atoms with E-state index in [1.807, 2.05) is 36.4 Å². The van der Waals surface area contributed by atoms with E-state index < -0.39 is 5.82 Å². The molecular formula is C43H30ClFO5. The molecule has 246 valence electrons. The zero-order valence-electron chi connectivity index (χ0n) is 26.7. The van der Waals surface area contributed by atoms with Gasteiger partial charge in [0.15, 0.2) is 0 Å². The van der Waals surface area contributed by atoms with Gasteiger partial charge in [-0.25, -0.2) is 4.39 Å². The summed E-state index contributed by atoms with van der Waals surface area (Å²) in [5, 5.41) is 45.0. The lowest BCUT2D eigenvalue weighted by Crippen LogP contribution is -1.98. The van der Waals surface area contributed by atoms with Crippen LogP contribution in [0.1, 0.15) is 0 Å². The van der Waals surface area contributed by atoms with Crippen molar-refractivity contribution in [3.8, 4) is 95.5 Å². The van der Waals surface area contributed by atoms with Gasteiger partial charge < -0.3 is 25.2 Å². The summed E-state index contributed by atoms with van der Waals surface area (Å²) >= 11 is 7.14. The third-order valence-electron chi connectivity index (χ3n) is 8.73. The Balaban J connectivity index is 1.64. The second-order valence-corrected chi connectivity index (χ2v) is 12.1. The van der Waals surface area contributed by atoms with Crippen molar-refractivity contribution in [2.45, 2.75) is 0 Å². The first-order valence-electron chi connectivity index (χ1n) is 15.7. The van der Waals surface area contributed by atoms with Crippen LogP contribution in [-0.2, 0) is 0 Å². The number of hydrogen-bond acceptors (Lipinski definition) is 5. The molecule has 0 saturated heterocycles. The highest BCUT2D eigenvalue weighted by Crippen LogP contribution is 2.54. The fourth-order valence-corrected chi connectivity index (χ4v) is 6.84. The summed E-state index contributed by atoms with van der Waals surface area (Å²) in [5.74, 6) is -0.249. The van der Waals surface area contributed by atoms with Crippen LogP contribution in [0.15, 0.2) is 140 Å². The number of para-hydroxylation sites is 1. The molecule has 0 aliphatic heterocycles. The summed E-state index contributed by atoms with van der Waals surface area (Å²) in [4.78, 5) is 0. The first-order valence-corrected chi connectivity index (χ1v) is 16.1. The van der Waals surface area contributed by atoms with Crippen LogP contribution in [0.4, 0.5) is 4.39 Å². The number of aromatic hydroxyl groups is 4. The van der Waals surface area contributed by atoms with Gasteiger partial charge in [0.2, 0.25) is 0 Å². The van der Waals surface area contributed by atoms with Crippen LogP contribution < -0.4 is 4.74 Å². The molecule has 0 unspecified atom stereocenters. The van der Waals surface area contributed by atoms with E-state index in [-0.39, 0.29) is 34.1 Å². The monoisotopic (exact) mass is 680 g/mol. The summed E-state index contributed by atoms with van der Waals surface area (Å²) in [5.41, 5.74) is 5.30. The lowest BCUT2D eigenvalue weighted by Gasteiger charge is -2.24. The van der Waals surface area contributed by atoms with Gasteiger partial charge in [0.1, 0.15) is 34.6 Å². The fourth-order valence-electron chi connectivity index (χ4n) is 6.51. The van der Waals surface area contributed by atoms with Gasteiger partial charge in [-0.15, -0.1) is 0 Å². The standard InChI is InChI=1S/C43H30ClFO5/c1-50-38-21-5-3-14-30(38)35-24-34(41(32-15-2-4-19-36(32)45)39(43(35)49)26-11-7-13-28(47)23-26)31-17-9-20-37(48)40(31)33-18-8-16-29(42(33)44)25-10-6-12-27(46)22-25/h2-24,46-49H,1H3. The van der Waals surface area contributed by atoms with Gasteiger partial charge in [0, 0.05) is 44.5 Å².